The van der Waals surface area contributed by atoms with Crippen molar-refractivity contribution in [1.82, 2.24) is 4.90 Å². The van der Waals surface area contributed by atoms with E-state index in [2.05, 4.69) is 0 Å². The molecule has 0 aliphatic carbocycles. The first kappa shape index (κ1) is 16.8. The van der Waals surface area contributed by atoms with Crippen LogP contribution < -0.4 is 4.90 Å². The number of urea groups is 1. The molecule has 2 aliphatic heterocycles. The molecule has 4 nitrogen and oxygen atoms in total. The van der Waals surface area contributed by atoms with E-state index in [1.54, 1.807) is 29.7 Å². The number of hydrogen-bond donors (Lipinski definition) is 0. The van der Waals surface area contributed by atoms with Crippen molar-refractivity contribution in [3.8, 4) is 0 Å². The molecule has 26 heavy (non-hydrogen) atoms. The van der Waals surface area contributed by atoms with Crippen LogP contribution in [-0.4, -0.2) is 28.1 Å². The molecule has 2 atom stereocenters. The molecule has 2 aromatic rings. The molecule has 7 heteroatoms. The Morgan fingerprint density at radius 3 is 2.46 bits per heavy atom. The van der Waals surface area contributed by atoms with Gasteiger partial charge in [-0.1, -0.05) is 30.3 Å². The molecule has 0 N–H and O–H groups in total. The predicted octanol–water partition coefficient (Wildman–Crippen LogP) is 3.93. The third-order valence-electron chi connectivity index (χ3n) is 4.43. The summed E-state index contributed by atoms with van der Waals surface area (Å²) in [5.74, 6) is -1.43. The highest BCUT2D eigenvalue weighted by Gasteiger charge is 2.48. The lowest BCUT2D eigenvalue weighted by Crippen LogP contribution is -2.61. The number of para-hydroxylation sites is 1. The molecule has 2 aliphatic rings. The van der Waals surface area contributed by atoms with Crippen molar-refractivity contribution >= 4 is 29.4 Å². The molecule has 3 amide bonds. The summed E-state index contributed by atoms with van der Waals surface area (Å²) < 4.78 is 27.4. The average molecular weight is 372 g/mol. The van der Waals surface area contributed by atoms with Crippen LogP contribution in [0.4, 0.5) is 19.3 Å². The Morgan fingerprint density at radius 2 is 1.73 bits per heavy atom. The number of thioether (sulfide) groups is 1. The van der Waals surface area contributed by atoms with E-state index in [1.165, 1.54) is 47.0 Å². The number of halogens is 2. The van der Waals surface area contributed by atoms with E-state index in [1.807, 2.05) is 0 Å². The fourth-order valence-corrected chi connectivity index (χ4v) is 4.20. The van der Waals surface area contributed by atoms with Crippen molar-refractivity contribution in [2.45, 2.75) is 17.8 Å². The van der Waals surface area contributed by atoms with Crippen LogP contribution in [0.25, 0.3) is 0 Å². The van der Waals surface area contributed by atoms with Gasteiger partial charge in [0.05, 0.1) is 11.7 Å². The fourth-order valence-electron chi connectivity index (χ4n) is 3.16. The molecule has 2 unspecified atom stereocenters. The zero-order valence-corrected chi connectivity index (χ0v) is 14.3. The quantitative estimate of drug-likeness (QED) is 0.820. The molecule has 0 aromatic heterocycles. The number of benzene rings is 2. The van der Waals surface area contributed by atoms with Crippen molar-refractivity contribution in [2.75, 3.05) is 4.90 Å². The minimum Gasteiger partial charge on any atom is -0.312 e. The molecule has 0 saturated carbocycles. The van der Waals surface area contributed by atoms with Crippen molar-refractivity contribution < 1.29 is 18.4 Å². The van der Waals surface area contributed by atoms with Crippen LogP contribution in [0.5, 0.6) is 0 Å². The van der Waals surface area contributed by atoms with E-state index < -0.39 is 29.0 Å². The SMILES string of the molecule is O=C1C2SC=CC2N(Cc2ccc(F)cc2)C(=O)N1c1ccccc1F. The van der Waals surface area contributed by atoms with Crippen LogP contribution in [0.2, 0.25) is 0 Å². The first-order valence-corrected chi connectivity index (χ1v) is 8.96. The Labute approximate surface area is 153 Å². The standard InChI is InChI=1S/C19H14F2N2O2S/c20-13-7-5-12(6-8-13)11-22-16-9-10-26-17(16)18(24)23(19(22)25)15-4-2-1-3-14(15)21/h1-10,16-17H,11H2. The molecule has 2 heterocycles. The highest BCUT2D eigenvalue weighted by atomic mass is 32.2. The van der Waals surface area contributed by atoms with E-state index in [-0.39, 0.29) is 18.0 Å². The number of imide groups is 1. The number of rotatable bonds is 3. The van der Waals surface area contributed by atoms with Gasteiger partial charge in [-0.15, -0.1) is 11.8 Å². The Balaban J connectivity index is 1.71. The van der Waals surface area contributed by atoms with Crippen LogP contribution in [-0.2, 0) is 11.3 Å². The second-order valence-corrected chi connectivity index (χ2v) is 7.09. The normalized spacial score (nSPS) is 22.1. The van der Waals surface area contributed by atoms with E-state index in [9.17, 15) is 18.4 Å². The Kier molecular flexibility index (Phi) is 4.24. The first-order chi connectivity index (χ1) is 12.6. The lowest BCUT2D eigenvalue weighted by Gasteiger charge is -2.41. The first-order valence-electron chi connectivity index (χ1n) is 8.02. The van der Waals surface area contributed by atoms with Gasteiger partial charge >= 0.3 is 6.03 Å². The van der Waals surface area contributed by atoms with Gasteiger partial charge in [0.2, 0.25) is 0 Å². The molecule has 1 fully saturated rings. The van der Waals surface area contributed by atoms with Crippen molar-refractivity contribution in [1.29, 1.82) is 0 Å². The highest BCUT2D eigenvalue weighted by molar-refractivity contribution is 8.03. The minimum absolute atomic E-state index is 0.0578. The topological polar surface area (TPSA) is 40.6 Å². The average Bonchev–Trinajstić information content (AvgIpc) is 3.12. The van der Waals surface area contributed by atoms with Gasteiger partial charge in [0.25, 0.3) is 5.91 Å². The maximum absolute atomic E-state index is 14.2. The monoisotopic (exact) mass is 372 g/mol. The van der Waals surface area contributed by atoms with Gasteiger partial charge < -0.3 is 4.90 Å². The summed E-state index contributed by atoms with van der Waals surface area (Å²) in [5.41, 5.74) is 0.671. The maximum Gasteiger partial charge on any atom is 0.332 e. The van der Waals surface area contributed by atoms with Gasteiger partial charge in [0, 0.05) is 6.54 Å². The van der Waals surface area contributed by atoms with Crippen molar-refractivity contribution in [3.05, 3.63) is 77.2 Å². The summed E-state index contributed by atoms with van der Waals surface area (Å²) in [7, 11) is 0. The second-order valence-electron chi connectivity index (χ2n) is 6.04. The van der Waals surface area contributed by atoms with E-state index in [0.717, 1.165) is 10.5 Å². The molecule has 1 saturated heterocycles. The number of amides is 3. The van der Waals surface area contributed by atoms with E-state index >= 15 is 0 Å². The Morgan fingerprint density at radius 1 is 1.00 bits per heavy atom. The van der Waals surface area contributed by atoms with Crippen molar-refractivity contribution in [2.24, 2.45) is 0 Å². The third kappa shape index (κ3) is 2.78. The molecule has 0 radical (unpaired) electrons. The molecule has 2 aromatic carbocycles. The zero-order chi connectivity index (χ0) is 18.3. The summed E-state index contributed by atoms with van der Waals surface area (Å²) in [4.78, 5) is 28.3. The predicted molar refractivity (Wildman–Crippen MR) is 95.5 cm³/mol. The lowest BCUT2D eigenvalue weighted by molar-refractivity contribution is -0.119. The second kappa shape index (κ2) is 6.57. The van der Waals surface area contributed by atoms with Crippen LogP contribution in [0.15, 0.2) is 60.0 Å². The van der Waals surface area contributed by atoms with Crippen LogP contribution in [0.3, 0.4) is 0 Å². The van der Waals surface area contributed by atoms with Gasteiger partial charge in [-0.2, -0.15) is 0 Å². The summed E-state index contributed by atoms with van der Waals surface area (Å²) in [6.07, 6.45) is 1.80. The maximum atomic E-state index is 14.2. The van der Waals surface area contributed by atoms with Gasteiger partial charge in [0.15, 0.2) is 0 Å². The number of nitrogens with zero attached hydrogens (tertiary/aromatic N) is 2. The number of hydrogen-bond acceptors (Lipinski definition) is 3. The largest absolute Gasteiger partial charge is 0.332 e. The minimum atomic E-state index is -0.634. The highest BCUT2D eigenvalue weighted by Crippen LogP contribution is 2.37. The summed E-state index contributed by atoms with van der Waals surface area (Å²) in [5, 5.41) is 1.26. The van der Waals surface area contributed by atoms with E-state index in [0.29, 0.717) is 0 Å². The zero-order valence-electron chi connectivity index (χ0n) is 13.5. The number of anilines is 1. The summed E-state index contributed by atoms with van der Waals surface area (Å²) in [6, 6.07) is 10.5. The molecule has 0 spiro atoms. The lowest BCUT2D eigenvalue weighted by atomic mass is 10.1. The third-order valence-corrected chi connectivity index (χ3v) is 5.52. The van der Waals surface area contributed by atoms with Crippen LogP contribution >= 0.6 is 11.8 Å². The summed E-state index contributed by atoms with van der Waals surface area (Å²) in [6.45, 7) is 0.198. The molecule has 0 bridgehead atoms. The molecular weight excluding hydrogens is 358 g/mol. The van der Waals surface area contributed by atoms with E-state index in [4.69, 9.17) is 0 Å². The van der Waals surface area contributed by atoms with Gasteiger partial charge in [0.1, 0.15) is 16.9 Å². The Hall–Kier alpha value is -2.67. The molecular formula is C19H14F2N2O2S. The molecule has 4 rings (SSSR count). The van der Waals surface area contributed by atoms with Gasteiger partial charge in [-0.3, -0.25) is 4.79 Å². The Bertz CT molecular complexity index is 901. The van der Waals surface area contributed by atoms with Gasteiger partial charge in [-0.05, 0) is 35.2 Å². The fraction of sp³-hybridized carbons (Fsp3) is 0.158. The number of fused-ring (bicyclic) bond motifs is 1. The molecule has 132 valence electrons. The van der Waals surface area contributed by atoms with Crippen molar-refractivity contribution in [3.63, 3.8) is 0 Å². The number of carbonyl (C=O) groups is 2. The van der Waals surface area contributed by atoms with Gasteiger partial charge in [-0.25, -0.2) is 18.5 Å². The van der Waals surface area contributed by atoms with Crippen LogP contribution in [0, 0.1) is 11.6 Å². The van der Waals surface area contributed by atoms with Crippen LogP contribution in [0.1, 0.15) is 5.56 Å². The smallest absolute Gasteiger partial charge is 0.312 e. The number of carbonyl (C=O) groups excluding carboxylic acids is 2. The summed E-state index contributed by atoms with van der Waals surface area (Å²) >= 11 is 1.31.